The van der Waals surface area contributed by atoms with Gasteiger partial charge in [-0.2, -0.15) is 0 Å². The van der Waals surface area contributed by atoms with Crippen molar-refractivity contribution in [2.75, 3.05) is 11.5 Å². The van der Waals surface area contributed by atoms with E-state index in [0.29, 0.717) is 17.2 Å². The average Bonchev–Trinajstić information content (AvgIpc) is 2.83. The van der Waals surface area contributed by atoms with Crippen molar-refractivity contribution in [3.05, 3.63) is 0 Å². The average molecular weight is 273 g/mol. The zero-order valence-electron chi connectivity index (χ0n) is 10.3. The summed E-state index contributed by atoms with van der Waals surface area (Å²) >= 11 is 3.94. The molecule has 3 atom stereocenters. The molecule has 3 unspecified atom stereocenters. The Morgan fingerprint density at radius 3 is 2.24 bits per heavy atom. The molecule has 0 aromatic heterocycles. The minimum absolute atomic E-state index is 0.0364. The van der Waals surface area contributed by atoms with Gasteiger partial charge < -0.3 is 4.79 Å². The summed E-state index contributed by atoms with van der Waals surface area (Å²) in [5, 5.41) is 1.05. The van der Waals surface area contributed by atoms with Gasteiger partial charge in [0, 0.05) is 17.9 Å². The number of carbonyl (C=O) groups excluding carboxylic acids is 2. The molecule has 2 aliphatic rings. The maximum Gasteiger partial charge on any atom is 0.146 e. The second kappa shape index (κ2) is 5.76. The fraction of sp³-hybridized carbons (Fsp3) is 0.833. The van der Waals surface area contributed by atoms with Crippen LogP contribution in [0.5, 0.6) is 0 Å². The van der Waals surface area contributed by atoms with E-state index >= 15 is 0 Å². The first-order valence-corrected chi connectivity index (χ1v) is 8.20. The Morgan fingerprint density at radius 1 is 1.24 bits per heavy atom. The summed E-state index contributed by atoms with van der Waals surface area (Å²) in [5.74, 6) is 2.77. The van der Waals surface area contributed by atoms with Gasteiger partial charge in [0.1, 0.15) is 11.6 Å². The highest BCUT2D eigenvalue weighted by molar-refractivity contribution is 8.07. The molecular formula is C12H19NO2S2. The lowest BCUT2D eigenvalue weighted by molar-refractivity contribution is -0.123. The van der Waals surface area contributed by atoms with E-state index in [4.69, 9.17) is 0 Å². The summed E-state index contributed by atoms with van der Waals surface area (Å²) in [6, 6.07) is 0.0364. The van der Waals surface area contributed by atoms with E-state index in [0.717, 1.165) is 24.3 Å². The molecule has 2 rings (SSSR count). The van der Waals surface area contributed by atoms with Crippen molar-refractivity contribution in [3.63, 3.8) is 0 Å². The number of hydrogen-bond donors (Lipinski definition) is 0. The third kappa shape index (κ3) is 3.06. The van der Waals surface area contributed by atoms with Crippen LogP contribution in [-0.4, -0.2) is 44.8 Å². The quantitative estimate of drug-likeness (QED) is 0.741. The number of ketones is 2. The molecule has 0 aromatic carbocycles. The highest BCUT2D eigenvalue weighted by Gasteiger charge is 2.45. The second-order valence-corrected chi connectivity index (χ2v) is 7.17. The second-order valence-electron chi connectivity index (χ2n) is 4.74. The number of thioether (sulfide) groups is 2. The Morgan fingerprint density at radius 2 is 1.82 bits per heavy atom. The van der Waals surface area contributed by atoms with Crippen LogP contribution in [0.2, 0.25) is 0 Å². The van der Waals surface area contributed by atoms with Crippen molar-refractivity contribution >= 4 is 35.1 Å². The van der Waals surface area contributed by atoms with Crippen LogP contribution in [0.4, 0.5) is 0 Å². The first-order chi connectivity index (χ1) is 8.09. The SMILES string of the molecule is CC(=O)CCCC(C(C)=O)N1C2CSC1CS2. The molecule has 17 heavy (non-hydrogen) atoms. The lowest BCUT2D eigenvalue weighted by Crippen LogP contribution is -2.43. The van der Waals surface area contributed by atoms with Crippen molar-refractivity contribution in [2.24, 2.45) is 0 Å². The van der Waals surface area contributed by atoms with Crippen molar-refractivity contribution in [1.82, 2.24) is 4.90 Å². The summed E-state index contributed by atoms with van der Waals surface area (Å²) in [4.78, 5) is 25.1. The highest BCUT2D eigenvalue weighted by Crippen LogP contribution is 2.45. The predicted octanol–water partition coefficient (Wildman–Crippen LogP) is 2.15. The molecule has 96 valence electrons. The van der Waals surface area contributed by atoms with Crippen LogP contribution in [-0.2, 0) is 9.59 Å². The lowest BCUT2D eigenvalue weighted by Gasteiger charge is -2.28. The summed E-state index contributed by atoms with van der Waals surface area (Å²) in [7, 11) is 0. The molecule has 2 bridgehead atoms. The van der Waals surface area contributed by atoms with E-state index in [1.165, 1.54) is 0 Å². The first kappa shape index (κ1) is 13.4. The fourth-order valence-electron chi connectivity index (χ4n) is 2.52. The molecule has 0 spiro atoms. The summed E-state index contributed by atoms with van der Waals surface area (Å²) in [5.41, 5.74) is 0. The molecule has 0 amide bonds. The highest BCUT2D eigenvalue weighted by atomic mass is 32.2. The molecule has 0 N–H and O–H groups in total. The van der Waals surface area contributed by atoms with Crippen molar-refractivity contribution < 1.29 is 9.59 Å². The van der Waals surface area contributed by atoms with Crippen LogP contribution in [0, 0.1) is 0 Å². The Balaban J connectivity index is 1.93. The van der Waals surface area contributed by atoms with E-state index in [1.54, 1.807) is 13.8 Å². The molecule has 2 fully saturated rings. The van der Waals surface area contributed by atoms with Gasteiger partial charge in [-0.05, 0) is 26.7 Å². The number of nitrogens with zero attached hydrogens (tertiary/aromatic N) is 1. The number of fused-ring (bicyclic) bond motifs is 2. The van der Waals surface area contributed by atoms with Crippen LogP contribution in [0.25, 0.3) is 0 Å². The van der Waals surface area contributed by atoms with Gasteiger partial charge in [-0.15, -0.1) is 23.5 Å². The number of Topliss-reactive ketones (excluding diaryl/α,β-unsaturated/α-hetero) is 2. The van der Waals surface area contributed by atoms with Gasteiger partial charge in [0.05, 0.1) is 16.8 Å². The van der Waals surface area contributed by atoms with E-state index in [9.17, 15) is 9.59 Å². The summed E-state index contributed by atoms with van der Waals surface area (Å²) in [6.45, 7) is 3.31. The maximum absolute atomic E-state index is 11.8. The van der Waals surface area contributed by atoms with Gasteiger partial charge >= 0.3 is 0 Å². The smallest absolute Gasteiger partial charge is 0.146 e. The van der Waals surface area contributed by atoms with Crippen LogP contribution in [0.3, 0.4) is 0 Å². The van der Waals surface area contributed by atoms with Crippen LogP contribution < -0.4 is 0 Å². The van der Waals surface area contributed by atoms with Gasteiger partial charge in [0.15, 0.2) is 0 Å². The summed E-state index contributed by atoms with van der Waals surface area (Å²) in [6.07, 6.45) is 2.28. The largest absolute Gasteiger partial charge is 0.300 e. The Bertz CT molecular complexity index is 302. The molecule has 0 aliphatic carbocycles. The van der Waals surface area contributed by atoms with E-state index < -0.39 is 0 Å². The standard InChI is InChI=1S/C12H19NO2S2/c1-8(14)4-3-5-10(9(2)15)13-11-6-16-12(13)7-17-11/h10-12H,3-7H2,1-2H3. The molecular weight excluding hydrogens is 254 g/mol. The number of hydrogen-bond acceptors (Lipinski definition) is 5. The molecule has 3 nitrogen and oxygen atoms in total. The fourth-order valence-corrected chi connectivity index (χ4v) is 5.89. The molecule has 0 aromatic rings. The van der Waals surface area contributed by atoms with Crippen LogP contribution >= 0.6 is 23.5 Å². The zero-order chi connectivity index (χ0) is 12.4. The Hall–Kier alpha value is -0.000000000000000111. The monoisotopic (exact) mass is 273 g/mol. The maximum atomic E-state index is 11.8. The topological polar surface area (TPSA) is 37.4 Å². The molecule has 5 heteroatoms. The minimum atomic E-state index is 0.0364. The first-order valence-electron chi connectivity index (χ1n) is 6.10. The molecule has 2 heterocycles. The van der Waals surface area contributed by atoms with Crippen molar-refractivity contribution in [2.45, 2.75) is 49.9 Å². The molecule has 0 radical (unpaired) electrons. The zero-order valence-corrected chi connectivity index (χ0v) is 12.0. The molecule has 2 aliphatic heterocycles. The van der Waals surface area contributed by atoms with Crippen molar-refractivity contribution in [1.29, 1.82) is 0 Å². The van der Waals surface area contributed by atoms with Gasteiger partial charge in [0.2, 0.25) is 0 Å². The predicted molar refractivity (Wildman–Crippen MR) is 73.3 cm³/mol. The normalized spacial score (nSPS) is 29.5. The van der Waals surface area contributed by atoms with E-state index in [1.807, 2.05) is 23.5 Å². The summed E-state index contributed by atoms with van der Waals surface area (Å²) < 4.78 is 0. The van der Waals surface area contributed by atoms with Crippen LogP contribution in [0.15, 0.2) is 0 Å². The third-order valence-corrected chi connectivity index (χ3v) is 6.39. The van der Waals surface area contributed by atoms with Gasteiger partial charge in [-0.3, -0.25) is 9.69 Å². The lowest BCUT2D eigenvalue weighted by atomic mass is 10.0. The number of carbonyl (C=O) groups is 2. The molecule has 0 saturated carbocycles. The van der Waals surface area contributed by atoms with E-state index in [-0.39, 0.29) is 17.6 Å². The molecule has 2 saturated heterocycles. The number of rotatable bonds is 6. The van der Waals surface area contributed by atoms with E-state index in [2.05, 4.69) is 4.90 Å². The van der Waals surface area contributed by atoms with Crippen molar-refractivity contribution in [3.8, 4) is 0 Å². The van der Waals surface area contributed by atoms with Gasteiger partial charge in [-0.1, -0.05) is 0 Å². The minimum Gasteiger partial charge on any atom is -0.300 e. The Kier molecular flexibility index (Phi) is 4.55. The van der Waals surface area contributed by atoms with Gasteiger partial charge in [0.25, 0.3) is 0 Å². The van der Waals surface area contributed by atoms with Crippen LogP contribution in [0.1, 0.15) is 33.1 Å². The van der Waals surface area contributed by atoms with Gasteiger partial charge in [-0.25, -0.2) is 0 Å². The Labute approximate surface area is 111 Å². The third-order valence-electron chi connectivity index (χ3n) is 3.36.